The number of methoxy groups -OCH3 is 1. The number of aromatic nitrogens is 2. The zero-order valence-electron chi connectivity index (χ0n) is 17.4. The van der Waals surface area contributed by atoms with Gasteiger partial charge in [-0.05, 0) is 43.5 Å². The Kier molecular flexibility index (Phi) is 7.43. The van der Waals surface area contributed by atoms with E-state index in [1.54, 1.807) is 7.11 Å². The van der Waals surface area contributed by atoms with Crippen molar-refractivity contribution in [2.75, 3.05) is 19.0 Å². The number of unbranched alkanes of at least 4 members (excludes halogenated alkanes) is 3. The summed E-state index contributed by atoms with van der Waals surface area (Å²) in [6.45, 7) is 2.57. The third-order valence-electron chi connectivity index (χ3n) is 4.74. The maximum atomic E-state index is 10.6. The van der Waals surface area contributed by atoms with Crippen LogP contribution >= 0.6 is 0 Å². The highest BCUT2D eigenvalue weighted by atomic mass is 16.5. The molecule has 7 heteroatoms. The Labute approximate surface area is 176 Å². The fraction of sp³-hybridized carbons (Fsp3) is 0.348. The number of hydrogen-bond acceptors (Lipinski definition) is 6. The van der Waals surface area contributed by atoms with E-state index in [-0.39, 0.29) is 6.42 Å². The van der Waals surface area contributed by atoms with Crippen LogP contribution in [0, 0.1) is 6.92 Å². The molecule has 0 radical (unpaired) electrons. The second-order valence-electron chi connectivity index (χ2n) is 7.14. The number of carboxylic acid groups (broad SMARTS) is 1. The quantitative estimate of drug-likeness (QED) is 0.425. The number of hydrogen-bond donors (Lipinski definition) is 2. The Morgan fingerprint density at radius 3 is 2.67 bits per heavy atom. The summed E-state index contributed by atoms with van der Waals surface area (Å²) in [7, 11) is 1.60. The lowest BCUT2D eigenvalue weighted by Gasteiger charge is -2.14. The van der Waals surface area contributed by atoms with Crippen LogP contribution in [0.25, 0.3) is 10.9 Å². The average Bonchev–Trinajstić information content (AvgIpc) is 2.72. The van der Waals surface area contributed by atoms with Crippen LogP contribution in [0.4, 0.5) is 11.5 Å². The van der Waals surface area contributed by atoms with Gasteiger partial charge in [0.15, 0.2) is 11.5 Å². The highest BCUT2D eigenvalue weighted by Crippen LogP contribution is 2.35. The van der Waals surface area contributed by atoms with Crippen molar-refractivity contribution in [3.05, 3.63) is 48.3 Å². The molecule has 0 spiro atoms. The Morgan fingerprint density at radius 1 is 1.07 bits per heavy atom. The van der Waals surface area contributed by atoms with Gasteiger partial charge >= 0.3 is 5.97 Å². The maximum Gasteiger partial charge on any atom is 0.303 e. The van der Waals surface area contributed by atoms with E-state index in [4.69, 9.17) is 14.6 Å². The van der Waals surface area contributed by atoms with Gasteiger partial charge < -0.3 is 19.9 Å². The van der Waals surface area contributed by atoms with Crippen molar-refractivity contribution >= 4 is 28.4 Å². The second-order valence-corrected chi connectivity index (χ2v) is 7.14. The van der Waals surface area contributed by atoms with Crippen LogP contribution in [0.1, 0.15) is 37.7 Å². The second kappa shape index (κ2) is 10.4. The van der Waals surface area contributed by atoms with Gasteiger partial charge in [-0.15, -0.1) is 0 Å². The predicted octanol–water partition coefficient (Wildman–Crippen LogP) is 5.10. The van der Waals surface area contributed by atoms with E-state index < -0.39 is 5.97 Å². The van der Waals surface area contributed by atoms with Gasteiger partial charge in [-0.25, -0.2) is 9.97 Å². The molecule has 0 unspecified atom stereocenters. The molecule has 0 aliphatic rings. The van der Waals surface area contributed by atoms with Gasteiger partial charge in [0, 0.05) is 23.6 Å². The molecule has 0 saturated carbocycles. The molecule has 30 heavy (non-hydrogen) atoms. The molecule has 0 bridgehead atoms. The first kappa shape index (κ1) is 21.4. The average molecular weight is 409 g/mol. The third kappa shape index (κ3) is 5.83. The molecular weight excluding hydrogens is 382 g/mol. The monoisotopic (exact) mass is 409 g/mol. The van der Waals surface area contributed by atoms with E-state index in [0.29, 0.717) is 30.3 Å². The number of aliphatic carboxylic acids is 1. The maximum absolute atomic E-state index is 10.6. The van der Waals surface area contributed by atoms with Crippen LogP contribution in [0.5, 0.6) is 11.5 Å². The zero-order valence-corrected chi connectivity index (χ0v) is 17.4. The number of anilines is 2. The predicted molar refractivity (Wildman–Crippen MR) is 117 cm³/mol. The van der Waals surface area contributed by atoms with Crippen molar-refractivity contribution in [3.63, 3.8) is 0 Å². The summed E-state index contributed by atoms with van der Waals surface area (Å²) in [6, 6.07) is 11.8. The van der Waals surface area contributed by atoms with Crippen LogP contribution in [0.2, 0.25) is 0 Å². The number of fused-ring (bicyclic) bond motifs is 1. The lowest BCUT2D eigenvalue weighted by atomic mass is 10.1. The summed E-state index contributed by atoms with van der Waals surface area (Å²) < 4.78 is 11.4. The minimum atomic E-state index is -0.746. The molecule has 0 aliphatic carbocycles. The number of aryl methyl sites for hydroxylation is 1. The zero-order chi connectivity index (χ0) is 21.3. The van der Waals surface area contributed by atoms with Crippen molar-refractivity contribution in [2.24, 2.45) is 0 Å². The highest BCUT2D eigenvalue weighted by molar-refractivity contribution is 5.93. The van der Waals surface area contributed by atoms with E-state index in [1.165, 1.54) is 6.33 Å². The van der Waals surface area contributed by atoms with Gasteiger partial charge in [-0.3, -0.25) is 4.79 Å². The molecule has 2 N–H and O–H groups in total. The molecule has 0 aliphatic heterocycles. The van der Waals surface area contributed by atoms with Crippen LogP contribution in [0.3, 0.4) is 0 Å². The number of rotatable bonds is 11. The Bertz CT molecular complexity index is 1010. The van der Waals surface area contributed by atoms with Crippen LogP contribution in [0.15, 0.2) is 42.7 Å². The fourth-order valence-corrected chi connectivity index (χ4v) is 3.21. The summed E-state index contributed by atoms with van der Waals surface area (Å²) in [5.41, 5.74) is 2.88. The first-order chi connectivity index (χ1) is 14.6. The van der Waals surface area contributed by atoms with E-state index in [1.807, 2.05) is 37.3 Å². The van der Waals surface area contributed by atoms with E-state index in [9.17, 15) is 4.79 Å². The highest BCUT2D eigenvalue weighted by Gasteiger charge is 2.12. The number of nitrogens with one attached hydrogen (secondary N) is 1. The molecule has 3 aromatic rings. The first-order valence-corrected chi connectivity index (χ1v) is 10.1. The molecule has 0 atom stereocenters. The Morgan fingerprint density at radius 2 is 1.90 bits per heavy atom. The molecule has 7 nitrogen and oxygen atoms in total. The van der Waals surface area contributed by atoms with Crippen molar-refractivity contribution in [3.8, 4) is 11.5 Å². The van der Waals surface area contributed by atoms with E-state index >= 15 is 0 Å². The van der Waals surface area contributed by atoms with Crippen molar-refractivity contribution in [2.45, 2.75) is 39.0 Å². The van der Waals surface area contributed by atoms with Gasteiger partial charge in [0.25, 0.3) is 0 Å². The number of carboxylic acids is 1. The standard InChI is InChI=1S/C23H27N3O4/c1-16-8-7-9-17(12-16)26-23-18-13-21(20(29-2)14-19(18)24-15-25-23)30-11-6-4-3-5-10-22(27)28/h7-9,12-15H,3-6,10-11H2,1-2H3,(H,27,28)(H,24,25,26). The Balaban J connectivity index is 1.71. The van der Waals surface area contributed by atoms with Crippen molar-refractivity contribution in [1.29, 1.82) is 0 Å². The normalized spacial score (nSPS) is 10.7. The van der Waals surface area contributed by atoms with Crippen LogP contribution in [-0.2, 0) is 4.79 Å². The molecule has 3 rings (SSSR count). The summed E-state index contributed by atoms with van der Waals surface area (Å²) >= 11 is 0. The molecule has 0 amide bonds. The number of nitrogens with zero attached hydrogens (tertiary/aromatic N) is 2. The minimum Gasteiger partial charge on any atom is -0.493 e. The number of benzene rings is 2. The molecule has 0 saturated heterocycles. The van der Waals surface area contributed by atoms with Gasteiger partial charge in [-0.2, -0.15) is 0 Å². The summed E-state index contributed by atoms with van der Waals surface area (Å²) in [4.78, 5) is 19.3. The van der Waals surface area contributed by atoms with E-state index in [2.05, 4.69) is 21.4 Å². The fourth-order valence-electron chi connectivity index (χ4n) is 3.21. The molecular formula is C23H27N3O4. The van der Waals surface area contributed by atoms with E-state index in [0.717, 1.165) is 41.4 Å². The van der Waals surface area contributed by atoms with Crippen molar-refractivity contribution < 1.29 is 19.4 Å². The topological polar surface area (TPSA) is 93.6 Å². The Hall–Kier alpha value is -3.35. The lowest BCUT2D eigenvalue weighted by Crippen LogP contribution is -2.02. The minimum absolute atomic E-state index is 0.218. The molecule has 158 valence electrons. The summed E-state index contributed by atoms with van der Waals surface area (Å²) in [5, 5.41) is 12.9. The third-order valence-corrected chi connectivity index (χ3v) is 4.74. The molecule has 2 aromatic carbocycles. The molecule has 1 heterocycles. The van der Waals surface area contributed by atoms with Crippen molar-refractivity contribution in [1.82, 2.24) is 9.97 Å². The largest absolute Gasteiger partial charge is 0.493 e. The number of ether oxygens (including phenoxy) is 2. The van der Waals surface area contributed by atoms with Gasteiger partial charge in [0.2, 0.25) is 0 Å². The van der Waals surface area contributed by atoms with Gasteiger partial charge in [0.1, 0.15) is 12.1 Å². The molecule has 1 aromatic heterocycles. The smallest absolute Gasteiger partial charge is 0.303 e. The summed E-state index contributed by atoms with van der Waals surface area (Å²) in [6.07, 6.45) is 5.09. The number of carbonyl (C=O) groups is 1. The van der Waals surface area contributed by atoms with Gasteiger partial charge in [0.05, 0.1) is 19.2 Å². The van der Waals surface area contributed by atoms with Gasteiger partial charge in [-0.1, -0.05) is 25.0 Å². The SMILES string of the molecule is COc1cc2ncnc(Nc3cccc(C)c3)c2cc1OCCCCCCC(=O)O. The first-order valence-electron chi connectivity index (χ1n) is 10.1. The summed E-state index contributed by atoms with van der Waals surface area (Å²) in [5.74, 6) is 1.21. The van der Waals surface area contributed by atoms with Crippen LogP contribution in [-0.4, -0.2) is 34.8 Å². The lowest BCUT2D eigenvalue weighted by molar-refractivity contribution is -0.137. The molecule has 0 fully saturated rings. The van der Waals surface area contributed by atoms with Crippen LogP contribution < -0.4 is 14.8 Å².